The summed E-state index contributed by atoms with van der Waals surface area (Å²) in [6.45, 7) is -0.00717. The molecule has 21 heavy (non-hydrogen) atoms. The summed E-state index contributed by atoms with van der Waals surface area (Å²) in [4.78, 5) is 15.6. The number of hydrogen-bond acceptors (Lipinski definition) is 4. The molecular formula is C14H14ClN3O3. The van der Waals surface area contributed by atoms with Crippen LogP contribution < -0.4 is 20.1 Å². The third kappa shape index (κ3) is 4.54. The number of carbonyl (C=O) groups is 1. The smallest absolute Gasteiger partial charge is 0.323 e. The monoisotopic (exact) mass is 307 g/mol. The van der Waals surface area contributed by atoms with Gasteiger partial charge in [-0.15, -0.1) is 0 Å². The molecule has 7 heteroatoms. The van der Waals surface area contributed by atoms with Gasteiger partial charge < -0.3 is 14.8 Å². The second-order valence-corrected chi connectivity index (χ2v) is 4.37. The fourth-order valence-electron chi connectivity index (χ4n) is 1.55. The maximum Gasteiger partial charge on any atom is 0.323 e. The van der Waals surface area contributed by atoms with Gasteiger partial charge in [-0.05, 0) is 24.3 Å². The number of para-hydroxylation sites is 2. The van der Waals surface area contributed by atoms with Gasteiger partial charge in [0.05, 0.1) is 7.11 Å². The number of urea groups is 1. The van der Waals surface area contributed by atoms with Crippen LogP contribution >= 0.6 is 11.6 Å². The Hall–Kier alpha value is -2.47. The minimum Gasteiger partial charge on any atom is -0.493 e. The predicted octanol–water partition coefficient (Wildman–Crippen LogP) is 2.90. The lowest BCUT2D eigenvalue weighted by Gasteiger charge is -2.11. The summed E-state index contributed by atoms with van der Waals surface area (Å²) < 4.78 is 10.6. The molecule has 0 radical (unpaired) electrons. The minimum atomic E-state index is -0.445. The third-order valence-electron chi connectivity index (χ3n) is 2.49. The standard InChI is InChI=1S/C14H14ClN3O3/c1-20-11-4-2-3-5-12(11)21-9-17-14(19)18-13-8-10(15)6-7-16-13/h2-8H,9H2,1H3,(H2,16,17,18,19). The first-order valence-corrected chi connectivity index (χ1v) is 6.49. The van der Waals surface area contributed by atoms with Gasteiger partial charge in [-0.25, -0.2) is 9.78 Å². The molecule has 2 rings (SSSR count). The van der Waals surface area contributed by atoms with E-state index in [4.69, 9.17) is 21.1 Å². The molecule has 1 heterocycles. The van der Waals surface area contributed by atoms with Crippen LogP contribution in [0.4, 0.5) is 10.6 Å². The second kappa shape index (κ2) is 7.35. The SMILES string of the molecule is COc1ccccc1OCNC(=O)Nc1cc(Cl)ccn1. The van der Waals surface area contributed by atoms with Crippen molar-refractivity contribution in [2.45, 2.75) is 0 Å². The van der Waals surface area contributed by atoms with Crippen LogP contribution in [0, 0.1) is 0 Å². The van der Waals surface area contributed by atoms with Gasteiger partial charge in [0.2, 0.25) is 0 Å². The van der Waals surface area contributed by atoms with Crippen molar-refractivity contribution >= 4 is 23.4 Å². The number of nitrogens with one attached hydrogen (secondary N) is 2. The van der Waals surface area contributed by atoms with Gasteiger partial charge in [0.25, 0.3) is 0 Å². The summed E-state index contributed by atoms with van der Waals surface area (Å²) >= 11 is 5.80. The predicted molar refractivity (Wildman–Crippen MR) is 79.9 cm³/mol. The zero-order valence-electron chi connectivity index (χ0n) is 11.3. The molecule has 1 aromatic heterocycles. The van der Waals surface area contributed by atoms with Crippen molar-refractivity contribution in [1.82, 2.24) is 10.3 Å². The van der Waals surface area contributed by atoms with E-state index in [1.807, 2.05) is 12.1 Å². The molecule has 0 atom stereocenters. The number of methoxy groups -OCH3 is 1. The number of amides is 2. The highest BCUT2D eigenvalue weighted by Crippen LogP contribution is 2.25. The van der Waals surface area contributed by atoms with Crippen molar-refractivity contribution < 1.29 is 14.3 Å². The normalized spacial score (nSPS) is 9.81. The fourth-order valence-corrected chi connectivity index (χ4v) is 1.71. The summed E-state index contributed by atoms with van der Waals surface area (Å²) in [6, 6.07) is 9.88. The number of hydrogen-bond donors (Lipinski definition) is 2. The maximum absolute atomic E-state index is 11.7. The van der Waals surface area contributed by atoms with E-state index < -0.39 is 6.03 Å². The van der Waals surface area contributed by atoms with E-state index in [2.05, 4.69) is 15.6 Å². The van der Waals surface area contributed by atoms with Crippen LogP contribution in [0.25, 0.3) is 0 Å². The van der Waals surface area contributed by atoms with Crippen LogP contribution in [0.3, 0.4) is 0 Å². The summed E-state index contributed by atoms with van der Waals surface area (Å²) in [7, 11) is 1.55. The van der Waals surface area contributed by atoms with Crippen LogP contribution in [-0.2, 0) is 0 Å². The molecule has 0 saturated heterocycles. The Labute approximate surface area is 127 Å². The van der Waals surface area contributed by atoms with Gasteiger partial charge in [0.15, 0.2) is 18.2 Å². The Bertz CT molecular complexity index is 622. The largest absolute Gasteiger partial charge is 0.493 e. The molecule has 0 saturated carbocycles. The van der Waals surface area contributed by atoms with Crippen LogP contribution in [0.15, 0.2) is 42.6 Å². The molecule has 0 bridgehead atoms. The number of aromatic nitrogens is 1. The van der Waals surface area contributed by atoms with E-state index in [1.54, 1.807) is 31.4 Å². The second-order valence-electron chi connectivity index (χ2n) is 3.93. The van der Waals surface area contributed by atoms with Gasteiger partial charge >= 0.3 is 6.03 Å². The van der Waals surface area contributed by atoms with Crippen LogP contribution in [-0.4, -0.2) is 24.9 Å². The number of benzene rings is 1. The molecule has 0 spiro atoms. The van der Waals surface area contributed by atoms with Crippen LogP contribution in [0.5, 0.6) is 11.5 Å². The number of carbonyl (C=O) groups excluding carboxylic acids is 1. The minimum absolute atomic E-state index is 0.00717. The average Bonchev–Trinajstić information content (AvgIpc) is 2.47. The van der Waals surface area contributed by atoms with Gasteiger partial charge in [-0.2, -0.15) is 0 Å². The lowest BCUT2D eigenvalue weighted by Crippen LogP contribution is -2.32. The van der Waals surface area contributed by atoms with Crippen LogP contribution in [0.1, 0.15) is 0 Å². The highest BCUT2D eigenvalue weighted by Gasteiger charge is 2.05. The number of nitrogens with zero attached hydrogens (tertiary/aromatic N) is 1. The molecule has 0 aliphatic rings. The van der Waals surface area contributed by atoms with E-state index >= 15 is 0 Å². The number of halogens is 1. The van der Waals surface area contributed by atoms with Crippen molar-refractivity contribution in [3.8, 4) is 11.5 Å². The zero-order chi connectivity index (χ0) is 15.1. The molecular weight excluding hydrogens is 294 g/mol. The van der Waals surface area contributed by atoms with E-state index in [0.29, 0.717) is 22.3 Å². The summed E-state index contributed by atoms with van der Waals surface area (Å²) in [5.41, 5.74) is 0. The van der Waals surface area contributed by atoms with Crippen molar-refractivity contribution in [1.29, 1.82) is 0 Å². The summed E-state index contributed by atoms with van der Waals surface area (Å²) in [5.74, 6) is 1.50. The van der Waals surface area contributed by atoms with E-state index in [9.17, 15) is 4.79 Å². The van der Waals surface area contributed by atoms with Crippen molar-refractivity contribution in [2.75, 3.05) is 19.2 Å². The Morgan fingerprint density at radius 3 is 2.76 bits per heavy atom. The molecule has 6 nitrogen and oxygen atoms in total. The molecule has 2 aromatic rings. The Balaban J connectivity index is 1.82. The van der Waals surface area contributed by atoms with Crippen molar-refractivity contribution in [2.24, 2.45) is 0 Å². The Morgan fingerprint density at radius 1 is 1.29 bits per heavy atom. The van der Waals surface area contributed by atoms with Gasteiger partial charge in [-0.1, -0.05) is 23.7 Å². The zero-order valence-corrected chi connectivity index (χ0v) is 12.1. The van der Waals surface area contributed by atoms with Crippen LogP contribution in [0.2, 0.25) is 5.02 Å². The van der Waals surface area contributed by atoms with Crippen molar-refractivity contribution in [3.63, 3.8) is 0 Å². The highest BCUT2D eigenvalue weighted by molar-refractivity contribution is 6.30. The van der Waals surface area contributed by atoms with Gasteiger partial charge in [-0.3, -0.25) is 5.32 Å². The summed E-state index contributed by atoms with van der Waals surface area (Å²) in [5, 5.41) is 5.57. The Morgan fingerprint density at radius 2 is 2.05 bits per heavy atom. The molecule has 2 amide bonds. The molecule has 110 valence electrons. The Kier molecular flexibility index (Phi) is 5.22. The van der Waals surface area contributed by atoms with E-state index in [1.165, 1.54) is 6.20 Å². The first kappa shape index (κ1) is 14.9. The lowest BCUT2D eigenvalue weighted by molar-refractivity contribution is 0.231. The fraction of sp³-hybridized carbons (Fsp3) is 0.143. The third-order valence-corrected chi connectivity index (χ3v) is 2.73. The molecule has 1 aromatic carbocycles. The van der Waals surface area contributed by atoms with Gasteiger partial charge in [0, 0.05) is 11.2 Å². The number of anilines is 1. The molecule has 0 fully saturated rings. The molecule has 0 unspecified atom stereocenters. The van der Waals surface area contributed by atoms with E-state index in [-0.39, 0.29) is 6.73 Å². The topological polar surface area (TPSA) is 72.5 Å². The average molecular weight is 308 g/mol. The molecule has 2 N–H and O–H groups in total. The first-order chi connectivity index (χ1) is 10.2. The lowest BCUT2D eigenvalue weighted by atomic mass is 10.3. The van der Waals surface area contributed by atoms with Gasteiger partial charge in [0.1, 0.15) is 5.82 Å². The quantitative estimate of drug-likeness (QED) is 0.833. The number of rotatable bonds is 5. The first-order valence-electron chi connectivity index (χ1n) is 6.11. The number of ether oxygens (including phenoxy) is 2. The molecule has 0 aliphatic heterocycles. The van der Waals surface area contributed by atoms with E-state index in [0.717, 1.165) is 0 Å². The molecule has 0 aliphatic carbocycles. The highest BCUT2D eigenvalue weighted by atomic mass is 35.5. The van der Waals surface area contributed by atoms with Crippen molar-refractivity contribution in [3.05, 3.63) is 47.6 Å². The number of pyridine rings is 1. The maximum atomic E-state index is 11.7. The summed E-state index contributed by atoms with van der Waals surface area (Å²) in [6.07, 6.45) is 1.50.